The lowest BCUT2D eigenvalue weighted by molar-refractivity contribution is 0.0177. The minimum absolute atomic E-state index is 0.177. The monoisotopic (exact) mass is 417 g/mol. The fourth-order valence-electron chi connectivity index (χ4n) is 3.90. The lowest BCUT2D eigenvalue weighted by atomic mass is 9.84. The number of H-pyrrole nitrogens is 1. The summed E-state index contributed by atoms with van der Waals surface area (Å²) in [5.41, 5.74) is 4.11. The molecule has 1 unspecified atom stereocenters. The van der Waals surface area contributed by atoms with E-state index in [0.29, 0.717) is 23.4 Å². The molecule has 1 aliphatic carbocycles. The summed E-state index contributed by atoms with van der Waals surface area (Å²) in [6.45, 7) is 0. The van der Waals surface area contributed by atoms with Crippen molar-refractivity contribution in [3.05, 3.63) is 59.7 Å². The number of rotatable bonds is 4. The molecule has 6 nitrogen and oxygen atoms in total. The number of hydrogen-bond donors (Lipinski definition) is 2. The van der Waals surface area contributed by atoms with E-state index in [0.717, 1.165) is 6.07 Å². The summed E-state index contributed by atoms with van der Waals surface area (Å²) in [6.07, 6.45) is -3.18. The average Bonchev–Trinajstić information content (AvgIpc) is 3.33. The minimum atomic E-state index is -2.98. The highest BCUT2D eigenvalue weighted by Crippen LogP contribution is 2.56. The van der Waals surface area contributed by atoms with Crippen LogP contribution in [0.25, 0.3) is 22.8 Å². The Balaban J connectivity index is 1.58. The third kappa shape index (κ3) is 2.82. The number of ether oxygens (including phenoxy) is 1. The maximum absolute atomic E-state index is 14.7. The molecule has 0 spiro atoms. The Labute approximate surface area is 167 Å². The standard InChI is InChI=1S/C20H15F4N5O/c21-11-4-1-9(2-5-11)16-26-17(29-28-16)10-3-6-14(22)12(7-10)20(18(23)24)13-8-15(13)30-19(25)27-20/h1-7,13,15,18H,8H2,(H2,25,27)(H,26,28,29)/t13-,15?,20+/m0/s1. The molecule has 1 aromatic heterocycles. The number of alkyl halides is 2. The van der Waals surface area contributed by atoms with Gasteiger partial charge in [-0.25, -0.2) is 27.5 Å². The quantitative estimate of drug-likeness (QED) is 0.635. The molecule has 0 amide bonds. The Morgan fingerprint density at radius 2 is 1.83 bits per heavy atom. The van der Waals surface area contributed by atoms with Crippen LogP contribution in [0.4, 0.5) is 17.6 Å². The number of benzene rings is 2. The molecule has 2 heterocycles. The van der Waals surface area contributed by atoms with Crippen LogP contribution in [0.3, 0.4) is 0 Å². The molecule has 1 aliphatic heterocycles. The zero-order valence-corrected chi connectivity index (χ0v) is 15.3. The van der Waals surface area contributed by atoms with E-state index in [4.69, 9.17) is 10.5 Å². The number of halogens is 4. The van der Waals surface area contributed by atoms with Crippen LogP contribution in [0.15, 0.2) is 47.5 Å². The summed E-state index contributed by atoms with van der Waals surface area (Å²) in [5, 5.41) is 6.81. The maximum Gasteiger partial charge on any atom is 0.283 e. The van der Waals surface area contributed by atoms with Gasteiger partial charge in [0.2, 0.25) is 0 Å². The van der Waals surface area contributed by atoms with Crippen LogP contribution in [0.2, 0.25) is 0 Å². The number of amidine groups is 1. The predicted molar refractivity (Wildman–Crippen MR) is 99.5 cm³/mol. The Hall–Kier alpha value is -3.43. The van der Waals surface area contributed by atoms with Gasteiger partial charge in [0.25, 0.3) is 12.4 Å². The zero-order chi connectivity index (χ0) is 21.0. The lowest BCUT2D eigenvalue weighted by Gasteiger charge is -2.33. The van der Waals surface area contributed by atoms with E-state index in [-0.39, 0.29) is 17.4 Å². The topological polar surface area (TPSA) is 89.2 Å². The number of aromatic nitrogens is 3. The van der Waals surface area contributed by atoms with Crippen molar-refractivity contribution < 1.29 is 22.3 Å². The predicted octanol–water partition coefficient (Wildman–Crippen LogP) is 3.61. The first-order valence-electron chi connectivity index (χ1n) is 9.17. The summed E-state index contributed by atoms with van der Waals surface area (Å²) in [4.78, 5) is 8.18. The smallest absolute Gasteiger partial charge is 0.283 e. The number of aliphatic imine (C=N–C) groups is 1. The van der Waals surface area contributed by atoms with Crippen LogP contribution in [0.5, 0.6) is 0 Å². The Bertz CT molecular complexity index is 1150. The highest BCUT2D eigenvalue weighted by molar-refractivity contribution is 5.74. The molecule has 3 atom stereocenters. The van der Waals surface area contributed by atoms with E-state index >= 15 is 0 Å². The van der Waals surface area contributed by atoms with Crippen LogP contribution in [0.1, 0.15) is 12.0 Å². The molecule has 154 valence electrons. The molecule has 1 fully saturated rings. The van der Waals surface area contributed by atoms with E-state index in [1.807, 2.05) is 0 Å². The van der Waals surface area contributed by atoms with Gasteiger partial charge in [-0.05, 0) is 48.9 Å². The van der Waals surface area contributed by atoms with Crippen molar-refractivity contribution in [2.24, 2.45) is 16.6 Å². The Kier molecular flexibility index (Phi) is 4.05. The van der Waals surface area contributed by atoms with Crippen LogP contribution in [0, 0.1) is 17.6 Å². The van der Waals surface area contributed by atoms with E-state index in [9.17, 15) is 17.6 Å². The summed E-state index contributed by atoms with van der Waals surface area (Å²) in [7, 11) is 0. The maximum atomic E-state index is 14.7. The molecule has 3 aromatic rings. The van der Waals surface area contributed by atoms with E-state index in [1.54, 1.807) is 0 Å². The second-order valence-corrected chi connectivity index (χ2v) is 7.28. The number of nitrogens with one attached hydrogen (secondary N) is 1. The van der Waals surface area contributed by atoms with Gasteiger partial charge in [-0.2, -0.15) is 5.10 Å². The summed E-state index contributed by atoms with van der Waals surface area (Å²) in [5.74, 6) is -1.35. The van der Waals surface area contributed by atoms with Crippen molar-refractivity contribution in [3.63, 3.8) is 0 Å². The highest BCUT2D eigenvalue weighted by Gasteiger charge is 2.64. The van der Waals surface area contributed by atoms with Crippen LogP contribution in [-0.4, -0.2) is 33.7 Å². The Morgan fingerprint density at radius 3 is 2.57 bits per heavy atom. The van der Waals surface area contributed by atoms with E-state index in [1.165, 1.54) is 36.4 Å². The fraction of sp³-hybridized carbons (Fsp3) is 0.250. The molecule has 2 aliphatic rings. The van der Waals surface area contributed by atoms with Crippen molar-refractivity contribution in [1.82, 2.24) is 15.2 Å². The van der Waals surface area contributed by atoms with Crippen molar-refractivity contribution in [1.29, 1.82) is 0 Å². The van der Waals surface area contributed by atoms with Crippen LogP contribution in [-0.2, 0) is 10.3 Å². The first-order valence-corrected chi connectivity index (χ1v) is 9.17. The van der Waals surface area contributed by atoms with Gasteiger partial charge < -0.3 is 10.5 Å². The van der Waals surface area contributed by atoms with Crippen molar-refractivity contribution in [2.45, 2.75) is 24.5 Å². The van der Waals surface area contributed by atoms with Crippen molar-refractivity contribution >= 4 is 6.02 Å². The molecule has 2 aromatic carbocycles. The van der Waals surface area contributed by atoms with Gasteiger partial charge in [0.1, 0.15) is 17.7 Å². The molecule has 30 heavy (non-hydrogen) atoms. The largest absolute Gasteiger partial charge is 0.462 e. The second-order valence-electron chi connectivity index (χ2n) is 7.28. The van der Waals surface area contributed by atoms with Gasteiger partial charge in [-0.15, -0.1) is 0 Å². The average molecular weight is 417 g/mol. The summed E-state index contributed by atoms with van der Waals surface area (Å²) < 4.78 is 61.5. The fourth-order valence-corrected chi connectivity index (χ4v) is 3.90. The van der Waals surface area contributed by atoms with Gasteiger partial charge in [-0.1, -0.05) is 0 Å². The van der Waals surface area contributed by atoms with Crippen LogP contribution >= 0.6 is 0 Å². The van der Waals surface area contributed by atoms with Gasteiger partial charge in [0, 0.05) is 22.6 Å². The highest BCUT2D eigenvalue weighted by atomic mass is 19.3. The SMILES string of the molecule is NC1=N[C@@](c2cc(-c3n[nH]c(-c4ccc(F)cc4)n3)ccc2F)(C(F)F)[C@H]2CC2O1. The number of nitrogens with zero attached hydrogens (tertiary/aromatic N) is 3. The molecule has 1 saturated carbocycles. The minimum Gasteiger partial charge on any atom is -0.462 e. The number of fused-ring (bicyclic) bond motifs is 1. The van der Waals surface area contributed by atoms with Crippen molar-refractivity contribution in [2.75, 3.05) is 0 Å². The first kappa shape index (κ1) is 18.6. The molecule has 5 rings (SSSR count). The second kappa shape index (κ2) is 6.54. The zero-order valence-electron chi connectivity index (χ0n) is 15.3. The molecule has 0 radical (unpaired) electrons. The van der Waals surface area contributed by atoms with E-state index in [2.05, 4.69) is 20.2 Å². The number of nitrogens with two attached hydrogens (primary N) is 1. The summed E-state index contributed by atoms with van der Waals surface area (Å²) >= 11 is 0. The Morgan fingerprint density at radius 1 is 1.10 bits per heavy atom. The first-order chi connectivity index (χ1) is 14.4. The molecular formula is C20H15F4N5O. The van der Waals surface area contributed by atoms with E-state index < -0.39 is 35.6 Å². The van der Waals surface area contributed by atoms with Gasteiger partial charge >= 0.3 is 0 Å². The van der Waals surface area contributed by atoms with Crippen molar-refractivity contribution in [3.8, 4) is 22.8 Å². The third-order valence-electron chi connectivity index (χ3n) is 5.46. The molecule has 10 heteroatoms. The molecular weight excluding hydrogens is 402 g/mol. The third-order valence-corrected chi connectivity index (χ3v) is 5.46. The van der Waals surface area contributed by atoms with Crippen LogP contribution < -0.4 is 5.73 Å². The summed E-state index contributed by atoms with van der Waals surface area (Å²) in [6, 6.07) is 8.97. The van der Waals surface area contributed by atoms with Gasteiger partial charge in [0.15, 0.2) is 17.2 Å². The normalized spacial score (nSPS) is 24.9. The number of aromatic amines is 1. The van der Waals surface area contributed by atoms with Gasteiger partial charge in [-0.3, -0.25) is 5.10 Å². The lowest BCUT2D eigenvalue weighted by Crippen LogP contribution is -2.43. The number of hydrogen-bond acceptors (Lipinski definition) is 5. The van der Waals surface area contributed by atoms with Gasteiger partial charge in [0.05, 0.1) is 0 Å². The molecule has 0 saturated heterocycles. The molecule has 0 bridgehead atoms. The molecule has 3 N–H and O–H groups in total.